The molecule has 2 heteroatoms. The van der Waals surface area contributed by atoms with E-state index in [1.54, 1.807) is 0 Å². The van der Waals surface area contributed by atoms with Crippen LogP contribution in [0.2, 0.25) is 0 Å². The molecule has 2 aliphatic carbocycles. The van der Waals surface area contributed by atoms with Crippen molar-refractivity contribution in [2.75, 3.05) is 19.6 Å². The lowest BCUT2D eigenvalue weighted by Gasteiger charge is -2.37. The van der Waals surface area contributed by atoms with E-state index in [4.69, 9.17) is 0 Å². The zero-order valence-corrected chi connectivity index (χ0v) is 14.0. The van der Waals surface area contributed by atoms with Gasteiger partial charge in [0.2, 0.25) is 0 Å². The molecular formula is C18H36N2. The third kappa shape index (κ3) is 5.37. The van der Waals surface area contributed by atoms with Crippen LogP contribution in [0, 0.1) is 11.8 Å². The first-order chi connectivity index (χ1) is 9.78. The lowest BCUT2D eigenvalue weighted by molar-refractivity contribution is 0.134. The van der Waals surface area contributed by atoms with E-state index < -0.39 is 0 Å². The first kappa shape index (κ1) is 16.3. The molecule has 0 aromatic carbocycles. The second-order valence-electron chi connectivity index (χ2n) is 7.17. The molecule has 2 unspecified atom stereocenters. The molecule has 0 spiro atoms. The molecule has 2 rings (SSSR count). The zero-order chi connectivity index (χ0) is 14.4. The Morgan fingerprint density at radius 2 is 1.55 bits per heavy atom. The Hall–Kier alpha value is -0.0800. The summed E-state index contributed by atoms with van der Waals surface area (Å²) in [4.78, 5) is 2.87. The van der Waals surface area contributed by atoms with E-state index in [9.17, 15) is 0 Å². The lowest BCUT2D eigenvalue weighted by atomic mass is 9.98. The van der Waals surface area contributed by atoms with Gasteiger partial charge in [0.25, 0.3) is 0 Å². The van der Waals surface area contributed by atoms with E-state index in [1.165, 1.54) is 71.0 Å². The molecule has 2 fully saturated rings. The van der Waals surface area contributed by atoms with E-state index in [1.807, 2.05) is 0 Å². The van der Waals surface area contributed by atoms with Crippen LogP contribution >= 0.6 is 0 Å². The third-order valence-corrected chi connectivity index (χ3v) is 4.99. The van der Waals surface area contributed by atoms with Crippen molar-refractivity contribution in [2.24, 2.45) is 11.8 Å². The molecule has 0 aromatic heterocycles. The van der Waals surface area contributed by atoms with Crippen molar-refractivity contribution in [3.63, 3.8) is 0 Å². The molecular weight excluding hydrogens is 244 g/mol. The van der Waals surface area contributed by atoms with Crippen molar-refractivity contribution < 1.29 is 0 Å². The van der Waals surface area contributed by atoms with Gasteiger partial charge in [-0.05, 0) is 63.3 Å². The average molecular weight is 280 g/mol. The number of rotatable bonds is 12. The minimum absolute atomic E-state index is 0.711. The van der Waals surface area contributed by atoms with Crippen molar-refractivity contribution >= 4 is 0 Å². The van der Waals surface area contributed by atoms with Gasteiger partial charge in [0.05, 0.1) is 0 Å². The highest BCUT2D eigenvalue weighted by molar-refractivity contribution is 4.90. The van der Waals surface area contributed by atoms with Crippen molar-refractivity contribution in [1.82, 2.24) is 10.2 Å². The molecule has 0 heterocycles. The van der Waals surface area contributed by atoms with E-state index >= 15 is 0 Å². The van der Waals surface area contributed by atoms with Crippen LogP contribution in [0.5, 0.6) is 0 Å². The van der Waals surface area contributed by atoms with Crippen LogP contribution < -0.4 is 5.32 Å². The highest BCUT2D eigenvalue weighted by Crippen LogP contribution is 2.35. The smallest absolute Gasteiger partial charge is 0.0246 e. The molecule has 20 heavy (non-hydrogen) atoms. The third-order valence-electron chi connectivity index (χ3n) is 4.99. The Labute approximate surface area is 126 Å². The molecule has 0 aliphatic heterocycles. The van der Waals surface area contributed by atoms with Crippen LogP contribution in [-0.4, -0.2) is 36.6 Å². The van der Waals surface area contributed by atoms with E-state index in [2.05, 4.69) is 31.0 Å². The van der Waals surface area contributed by atoms with E-state index in [0.29, 0.717) is 6.04 Å². The molecule has 0 aromatic rings. The summed E-state index contributed by atoms with van der Waals surface area (Å²) in [5.74, 6) is 2.05. The summed E-state index contributed by atoms with van der Waals surface area (Å²) >= 11 is 0. The van der Waals surface area contributed by atoms with Crippen LogP contribution in [-0.2, 0) is 0 Å². The predicted molar refractivity (Wildman–Crippen MR) is 88.1 cm³/mol. The summed E-state index contributed by atoms with van der Waals surface area (Å²) in [6.45, 7) is 10.9. The molecule has 0 radical (unpaired) electrons. The van der Waals surface area contributed by atoms with Crippen molar-refractivity contribution in [1.29, 1.82) is 0 Å². The summed E-state index contributed by atoms with van der Waals surface area (Å²) in [5, 5.41) is 3.85. The van der Waals surface area contributed by atoms with Crippen LogP contribution in [0.3, 0.4) is 0 Å². The molecule has 2 nitrogen and oxygen atoms in total. The maximum Gasteiger partial charge on any atom is 0.0246 e. The molecule has 2 aliphatic rings. The Bertz CT molecular complexity index is 244. The van der Waals surface area contributed by atoms with Gasteiger partial charge in [-0.15, -0.1) is 0 Å². The van der Waals surface area contributed by atoms with Gasteiger partial charge in [0, 0.05) is 25.2 Å². The highest BCUT2D eigenvalue weighted by Gasteiger charge is 2.34. The van der Waals surface area contributed by atoms with Crippen LogP contribution in [0.15, 0.2) is 0 Å². The minimum Gasteiger partial charge on any atom is -0.312 e. The molecule has 0 amide bonds. The van der Waals surface area contributed by atoms with Gasteiger partial charge in [0.15, 0.2) is 0 Å². The Morgan fingerprint density at radius 1 is 0.950 bits per heavy atom. The molecule has 1 N–H and O–H groups in total. The van der Waals surface area contributed by atoms with Gasteiger partial charge >= 0.3 is 0 Å². The lowest BCUT2D eigenvalue weighted by Crippen LogP contribution is -2.51. The molecule has 118 valence electrons. The quantitative estimate of drug-likeness (QED) is 0.580. The summed E-state index contributed by atoms with van der Waals surface area (Å²) in [7, 11) is 0. The standard InChI is InChI=1S/C18H36N2/c1-4-7-17(19-12-5-2)18(6-3)20(13-15-8-9-15)14-16-10-11-16/h15-19H,4-14H2,1-3H3. The Morgan fingerprint density at radius 3 is 1.95 bits per heavy atom. The van der Waals surface area contributed by atoms with Crippen molar-refractivity contribution in [3.8, 4) is 0 Å². The SMILES string of the molecule is CCCNC(CCC)C(CC)N(CC1CC1)CC1CC1. The number of nitrogens with one attached hydrogen (secondary N) is 1. The van der Waals surface area contributed by atoms with Gasteiger partial charge < -0.3 is 5.32 Å². The first-order valence-corrected chi connectivity index (χ1v) is 9.25. The van der Waals surface area contributed by atoms with Gasteiger partial charge in [0.1, 0.15) is 0 Å². The summed E-state index contributed by atoms with van der Waals surface area (Å²) < 4.78 is 0. The number of nitrogens with zero attached hydrogens (tertiary/aromatic N) is 1. The second kappa shape index (κ2) is 8.38. The fraction of sp³-hybridized carbons (Fsp3) is 1.00. The predicted octanol–water partition coefficient (Wildman–Crippen LogP) is 4.06. The van der Waals surface area contributed by atoms with E-state index in [0.717, 1.165) is 17.9 Å². The summed E-state index contributed by atoms with van der Waals surface area (Å²) in [6.07, 6.45) is 11.1. The first-order valence-electron chi connectivity index (χ1n) is 9.25. The van der Waals surface area contributed by atoms with Crippen LogP contribution in [0.4, 0.5) is 0 Å². The maximum absolute atomic E-state index is 3.85. The molecule has 2 atom stereocenters. The Balaban J connectivity index is 1.93. The monoisotopic (exact) mass is 280 g/mol. The second-order valence-corrected chi connectivity index (χ2v) is 7.17. The van der Waals surface area contributed by atoms with Crippen LogP contribution in [0.1, 0.15) is 72.1 Å². The van der Waals surface area contributed by atoms with Crippen LogP contribution in [0.25, 0.3) is 0 Å². The molecule has 0 bridgehead atoms. The number of hydrogen-bond acceptors (Lipinski definition) is 2. The summed E-state index contributed by atoms with van der Waals surface area (Å²) in [5.41, 5.74) is 0. The van der Waals surface area contributed by atoms with Gasteiger partial charge in [-0.25, -0.2) is 0 Å². The Kier molecular flexibility index (Phi) is 6.83. The normalized spacial score (nSPS) is 22.2. The average Bonchev–Trinajstić information content (AvgIpc) is 3.32. The maximum atomic E-state index is 3.85. The highest BCUT2D eigenvalue weighted by atomic mass is 15.2. The van der Waals surface area contributed by atoms with Gasteiger partial charge in [-0.3, -0.25) is 4.90 Å². The largest absolute Gasteiger partial charge is 0.312 e. The van der Waals surface area contributed by atoms with Crippen molar-refractivity contribution in [2.45, 2.75) is 84.2 Å². The van der Waals surface area contributed by atoms with Crippen molar-refractivity contribution in [3.05, 3.63) is 0 Å². The minimum atomic E-state index is 0.711. The fourth-order valence-corrected chi connectivity index (χ4v) is 3.48. The van der Waals surface area contributed by atoms with E-state index in [-0.39, 0.29) is 0 Å². The molecule has 2 saturated carbocycles. The fourth-order valence-electron chi connectivity index (χ4n) is 3.48. The topological polar surface area (TPSA) is 15.3 Å². The van der Waals surface area contributed by atoms with Gasteiger partial charge in [-0.2, -0.15) is 0 Å². The zero-order valence-electron chi connectivity index (χ0n) is 14.0. The number of hydrogen-bond donors (Lipinski definition) is 1. The van der Waals surface area contributed by atoms with Gasteiger partial charge in [-0.1, -0.05) is 27.2 Å². The molecule has 0 saturated heterocycles. The summed E-state index contributed by atoms with van der Waals surface area (Å²) in [6, 6.07) is 1.48.